The van der Waals surface area contributed by atoms with Crippen LogP contribution < -0.4 is 0 Å². The maximum atomic E-state index is 10.6. The molecule has 0 amide bonds. The van der Waals surface area contributed by atoms with Crippen molar-refractivity contribution >= 4 is 23.4 Å². The molecule has 2 heterocycles. The Morgan fingerprint density at radius 2 is 2.25 bits per heavy atom. The van der Waals surface area contributed by atoms with Gasteiger partial charge >= 0.3 is 0 Å². The molecular formula is C8H5ClN2O. The van der Waals surface area contributed by atoms with Crippen molar-refractivity contribution in [3.05, 3.63) is 35.1 Å². The molecule has 0 radical (unpaired) electrons. The fraction of sp³-hybridized carbons (Fsp3) is 0. The molecule has 0 aliphatic carbocycles. The van der Waals surface area contributed by atoms with Gasteiger partial charge in [-0.2, -0.15) is 5.10 Å². The van der Waals surface area contributed by atoms with Gasteiger partial charge in [0.25, 0.3) is 0 Å². The number of nitrogens with zero attached hydrogens (tertiary/aromatic N) is 2. The highest BCUT2D eigenvalue weighted by atomic mass is 35.5. The average molecular weight is 181 g/mol. The van der Waals surface area contributed by atoms with Crippen LogP contribution in [0.25, 0.3) is 5.52 Å². The van der Waals surface area contributed by atoms with Gasteiger partial charge in [0.1, 0.15) is 5.69 Å². The summed E-state index contributed by atoms with van der Waals surface area (Å²) in [6, 6.07) is 5.30. The molecule has 0 aromatic carbocycles. The zero-order valence-electron chi connectivity index (χ0n) is 6.07. The fourth-order valence-electron chi connectivity index (χ4n) is 1.09. The van der Waals surface area contributed by atoms with Crippen LogP contribution in [-0.2, 0) is 0 Å². The van der Waals surface area contributed by atoms with E-state index in [1.807, 2.05) is 12.1 Å². The van der Waals surface area contributed by atoms with E-state index in [0.717, 1.165) is 5.52 Å². The van der Waals surface area contributed by atoms with E-state index in [1.54, 1.807) is 12.3 Å². The van der Waals surface area contributed by atoms with Crippen molar-refractivity contribution in [2.75, 3.05) is 0 Å². The molecule has 2 aromatic heterocycles. The van der Waals surface area contributed by atoms with E-state index >= 15 is 0 Å². The highest BCUT2D eigenvalue weighted by molar-refractivity contribution is 6.32. The normalized spacial score (nSPS) is 10.4. The molecule has 12 heavy (non-hydrogen) atoms. The van der Waals surface area contributed by atoms with Crippen molar-refractivity contribution in [2.45, 2.75) is 0 Å². The third-order valence-corrected chi connectivity index (χ3v) is 1.98. The minimum atomic E-state index is 0.388. The molecule has 3 nitrogen and oxygen atoms in total. The first-order valence-electron chi connectivity index (χ1n) is 3.40. The van der Waals surface area contributed by atoms with Crippen molar-refractivity contribution in [1.82, 2.24) is 9.61 Å². The number of hydrogen-bond acceptors (Lipinski definition) is 2. The fourth-order valence-corrected chi connectivity index (χ4v) is 1.28. The van der Waals surface area contributed by atoms with Gasteiger partial charge in [-0.15, -0.1) is 0 Å². The summed E-state index contributed by atoms with van der Waals surface area (Å²) in [4.78, 5) is 10.6. The van der Waals surface area contributed by atoms with Gasteiger partial charge in [0.15, 0.2) is 6.29 Å². The zero-order valence-corrected chi connectivity index (χ0v) is 6.82. The molecule has 0 spiro atoms. The quantitative estimate of drug-likeness (QED) is 0.628. The molecule has 0 fully saturated rings. The number of fused-ring (bicyclic) bond motifs is 1. The number of carbonyl (C=O) groups is 1. The number of halogens is 1. The SMILES string of the molecule is O=Cc1c(Cl)ccc2ccnn12. The van der Waals surface area contributed by atoms with Crippen LogP contribution in [0.4, 0.5) is 0 Å². The van der Waals surface area contributed by atoms with E-state index < -0.39 is 0 Å². The lowest BCUT2D eigenvalue weighted by Gasteiger charge is -1.98. The lowest BCUT2D eigenvalue weighted by atomic mass is 10.3. The molecule has 0 unspecified atom stereocenters. The number of aromatic nitrogens is 2. The summed E-state index contributed by atoms with van der Waals surface area (Å²) >= 11 is 5.77. The Hall–Kier alpha value is -1.35. The molecule has 0 saturated heterocycles. The maximum Gasteiger partial charge on any atom is 0.170 e. The Morgan fingerprint density at radius 1 is 1.42 bits per heavy atom. The molecule has 60 valence electrons. The summed E-state index contributed by atoms with van der Waals surface area (Å²) in [5.74, 6) is 0. The van der Waals surface area contributed by atoms with Crippen LogP contribution in [0.2, 0.25) is 5.02 Å². The number of carbonyl (C=O) groups excluding carboxylic acids is 1. The van der Waals surface area contributed by atoms with E-state index in [4.69, 9.17) is 11.6 Å². The third-order valence-electron chi connectivity index (χ3n) is 1.66. The van der Waals surface area contributed by atoms with Crippen LogP contribution in [-0.4, -0.2) is 15.9 Å². The van der Waals surface area contributed by atoms with E-state index in [-0.39, 0.29) is 0 Å². The monoisotopic (exact) mass is 180 g/mol. The van der Waals surface area contributed by atoms with Gasteiger partial charge in [0.2, 0.25) is 0 Å². The molecule has 0 saturated carbocycles. The average Bonchev–Trinajstić information content (AvgIpc) is 2.52. The van der Waals surface area contributed by atoms with Gasteiger partial charge in [-0.3, -0.25) is 4.79 Å². The molecule has 2 aromatic rings. The van der Waals surface area contributed by atoms with Gasteiger partial charge in [0.05, 0.1) is 16.7 Å². The molecule has 0 aliphatic heterocycles. The minimum Gasteiger partial charge on any atom is -0.296 e. The predicted octanol–water partition coefficient (Wildman–Crippen LogP) is 1.80. The summed E-state index contributed by atoms with van der Waals surface area (Å²) in [6.45, 7) is 0. The first-order valence-corrected chi connectivity index (χ1v) is 3.78. The minimum absolute atomic E-state index is 0.388. The molecular weight excluding hydrogens is 176 g/mol. The Morgan fingerprint density at radius 3 is 3.00 bits per heavy atom. The van der Waals surface area contributed by atoms with Crippen LogP contribution in [0, 0.1) is 0 Å². The van der Waals surface area contributed by atoms with Gasteiger partial charge in [-0.1, -0.05) is 11.6 Å². The first-order chi connectivity index (χ1) is 5.83. The van der Waals surface area contributed by atoms with Crippen LogP contribution in [0.3, 0.4) is 0 Å². The van der Waals surface area contributed by atoms with Crippen molar-refractivity contribution in [3.8, 4) is 0 Å². The van der Waals surface area contributed by atoms with Crippen molar-refractivity contribution in [2.24, 2.45) is 0 Å². The molecule has 0 N–H and O–H groups in total. The van der Waals surface area contributed by atoms with E-state index in [2.05, 4.69) is 5.10 Å². The summed E-state index contributed by atoms with van der Waals surface area (Å²) in [7, 11) is 0. The van der Waals surface area contributed by atoms with Crippen molar-refractivity contribution < 1.29 is 4.79 Å². The molecule has 4 heteroatoms. The number of pyridine rings is 1. The van der Waals surface area contributed by atoms with Crippen LogP contribution >= 0.6 is 11.6 Å². The highest BCUT2D eigenvalue weighted by Gasteiger charge is 2.03. The number of hydrogen-bond donors (Lipinski definition) is 0. The number of rotatable bonds is 1. The Balaban J connectivity index is 2.91. The smallest absolute Gasteiger partial charge is 0.170 e. The molecule has 0 bridgehead atoms. The standard InChI is InChI=1S/C8H5ClN2O/c9-7-2-1-6-3-4-10-11(6)8(7)5-12/h1-5H. The lowest BCUT2D eigenvalue weighted by molar-refractivity contribution is 0.111. The largest absolute Gasteiger partial charge is 0.296 e. The second-order valence-electron chi connectivity index (χ2n) is 2.35. The first kappa shape index (κ1) is 7.31. The summed E-state index contributed by atoms with van der Waals surface area (Å²) in [5.41, 5.74) is 1.25. The van der Waals surface area contributed by atoms with Gasteiger partial charge < -0.3 is 0 Å². The molecule has 0 aliphatic rings. The topological polar surface area (TPSA) is 34.4 Å². The highest BCUT2D eigenvalue weighted by Crippen LogP contribution is 2.15. The Bertz CT molecular complexity index is 436. The van der Waals surface area contributed by atoms with Crippen molar-refractivity contribution in [1.29, 1.82) is 0 Å². The lowest BCUT2D eigenvalue weighted by Crippen LogP contribution is -1.96. The summed E-state index contributed by atoms with van der Waals surface area (Å²) < 4.78 is 1.51. The summed E-state index contributed by atoms with van der Waals surface area (Å²) in [5, 5.41) is 4.37. The van der Waals surface area contributed by atoms with E-state index in [9.17, 15) is 4.79 Å². The zero-order chi connectivity index (χ0) is 8.55. The van der Waals surface area contributed by atoms with Gasteiger partial charge in [0, 0.05) is 0 Å². The summed E-state index contributed by atoms with van der Waals surface area (Å²) in [6.07, 6.45) is 2.32. The van der Waals surface area contributed by atoms with E-state index in [1.165, 1.54) is 4.52 Å². The van der Waals surface area contributed by atoms with Crippen LogP contribution in [0.1, 0.15) is 10.5 Å². The van der Waals surface area contributed by atoms with Gasteiger partial charge in [-0.05, 0) is 18.2 Å². The third kappa shape index (κ3) is 0.905. The van der Waals surface area contributed by atoms with Crippen LogP contribution in [0.15, 0.2) is 24.4 Å². The van der Waals surface area contributed by atoms with Crippen LogP contribution in [0.5, 0.6) is 0 Å². The second kappa shape index (κ2) is 2.60. The van der Waals surface area contributed by atoms with Crippen molar-refractivity contribution in [3.63, 3.8) is 0 Å². The predicted molar refractivity (Wildman–Crippen MR) is 45.6 cm³/mol. The molecule has 2 rings (SSSR count). The Kier molecular flexibility index (Phi) is 1.59. The number of aldehydes is 1. The Labute approximate surface area is 73.6 Å². The molecule has 0 atom stereocenters. The maximum absolute atomic E-state index is 10.6. The second-order valence-corrected chi connectivity index (χ2v) is 2.76. The van der Waals surface area contributed by atoms with Gasteiger partial charge in [-0.25, -0.2) is 4.52 Å². The van der Waals surface area contributed by atoms with E-state index in [0.29, 0.717) is 17.0 Å².